The number of carbonyl (C=O) groups excluding carboxylic acids is 1. The number of likely N-dealkylation sites (tertiary alicyclic amines) is 1. The Balaban J connectivity index is 1.73. The number of hydrogen-bond donors (Lipinski definition) is 2. The zero-order chi connectivity index (χ0) is 15.5. The molecule has 3 rings (SSSR count). The molecular weight excluding hydrogens is 278 g/mol. The molecular formula is C16H17N5O. The fourth-order valence-corrected chi connectivity index (χ4v) is 2.79. The lowest BCUT2D eigenvalue weighted by Gasteiger charge is -2.16. The van der Waals surface area contributed by atoms with Crippen LogP contribution in [0, 0.1) is 11.3 Å². The van der Waals surface area contributed by atoms with Crippen molar-refractivity contribution in [3.05, 3.63) is 47.3 Å². The largest absolute Gasteiger partial charge is 0.321 e. The number of nitriles is 1. The second-order valence-corrected chi connectivity index (χ2v) is 5.49. The standard InChI is InChI=1S/C16H17N5O/c1-21-7-3-6-15(21)13-9-14(20-19-13)16(22)18-12-5-2-4-11(8-12)10-17/h2,4-5,8-9,15H,3,6-7H2,1H3,(H,18,22)(H,19,20). The number of H-pyrrole nitrogens is 1. The molecule has 6 nitrogen and oxygen atoms in total. The molecule has 6 heteroatoms. The fourth-order valence-electron chi connectivity index (χ4n) is 2.79. The van der Waals surface area contributed by atoms with Gasteiger partial charge >= 0.3 is 0 Å². The molecule has 2 heterocycles. The van der Waals surface area contributed by atoms with Gasteiger partial charge in [-0.2, -0.15) is 10.4 Å². The lowest BCUT2D eigenvalue weighted by atomic mass is 10.1. The Hall–Kier alpha value is -2.65. The zero-order valence-corrected chi connectivity index (χ0v) is 12.3. The van der Waals surface area contributed by atoms with Gasteiger partial charge in [-0.1, -0.05) is 6.07 Å². The Morgan fingerprint density at radius 2 is 2.36 bits per heavy atom. The van der Waals surface area contributed by atoms with Crippen molar-refractivity contribution >= 4 is 11.6 Å². The third-order valence-electron chi connectivity index (χ3n) is 3.96. The SMILES string of the molecule is CN1CCCC1c1cc(C(=O)Nc2cccc(C#N)c2)n[nH]1. The van der Waals surface area contributed by atoms with Crippen LogP contribution in [-0.4, -0.2) is 34.6 Å². The second kappa shape index (κ2) is 6.00. The van der Waals surface area contributed by atoms with Crippen LogP contribution in [0.3, 0.4) is 0 Å². The van der Waals surface area contributed by atoms with Crippen molar-refractivity contribution in [1.82, 2.24) is 15.1 Å². The highest BCUT2D eigenvalue weighted by Gasteiger charge is 2.25. The van der Waals surface area contributed by atoms with Crippen LogP contribution in [0.4, 0.5) is 5.69 Å². The van der Waals surface area contributed by atoms with Gasteiger partial charge in [-0.05, 0) is 50.7 Å². The van der Waals surface area contributed by atoms with E-state index < -0.39 is 0 Å². The minimum atomic E-state index is -0.279. The Bertz CT molecular complexity index is 730. The highest BCUT2D eigenvalue weighted by atomic mass is 16.1. The average Bonchev–Trinajstić information content (AvgIpc) is 3.16. The Labute approximate surface area is 128 Å². The number of hydrogen-bond acceptors (Lipinski definition) is 4. The summed E-state index contributed by atoms with van der Waals surface area (Å²) in [7, 11) is 2.08. The van der Waals surface area contributed by atoms with Gasteiger partial charge in [0.2, 0.25) is 0 Å². The number of aromatic amines is 1. The van der Waals surface area contributed by atoms with Gasteiger partial charge < -0.3 is 5.32 Å². The summed E-state index contributed by atoms with van der Waals surface area (Å²) in [6.07, 6.45) is 2.23. The number of nitrogens with one attached hydrogen (secondary N) is 2. The summed E-state index contributed by atoms with van der Waals surface area (Å²) < 4.78 is 0. The molecule has 0 aliphatic carbocycles. The van der Waals surface area contributed by atoms with E-state index in [1.54, 1.807) is 30.3 Å². The topological polar surface area (TPSA) is 84.8 Å². The summed E-state index contributed by atoms with van der Waals surface area (Å²) in [5.41, 5.74) is 2.42. The molecule has 1 unspecified atom stereocenters. The first kappa shape index (κ1) is 14.3. The number of anilines is 1. The Kier molecular flexibility index (Phi) is 3.90. The van der Waals surface area contributed by atoms with Gasteiger partial charge in [-0.15, -0.1) is 0 Å². The minimum absolute atomic E-state index is 0.279. The fraction of sp³-hybridized carbons (Fsp3) is 0.312. The van der Waals surface area contributed by atoms with Crippen molar-refractivity contribution in [3.8, 4) is 6.07 Å². The van der Waals surface area contributed by atoms with Crippen LogP contribution in [0.25, 0.3) is 0 Å². The molecule has 22 heavy (non-hydrogen) atoms. The number of aromatic nitrogens is 2. The van der Waals surface area contributed by atoms with E-state index in [2.05, 4.69) is 27.5 Å². The maximum atomic E-state index is 12.2. The molecule has 0 bridgehead atoms. The Morgan fingerprint density at radius 1 is 1.50 bits per heavy atom. The van der Waals surface area contributed by atoms with Gasteiger partial charge in [-0.25, -0.2) is 0 Å². The Morgan fingerprint density at radius 3 is 3.09 bits per heavy atom. The number of carbonyl (C=O) groups is 1. The lowest BCUT2D eigenvalue weighted by molar-refractivity contribution is 0.102. The van der Waals surface area contributed by atoms with E-state index in [0.717, 1.165) is 25.1 Å². The molecule has 0 radical (unpaired) electrons. The van der Waals surface area contributed by atoms with Crippen LogP contribution in [0.2, 0.25) is 0 Å². The van der Waals surface area contributed by atoms with Crippen molar-refractivity contribution in [2.45, 2.75) is 18.9 Å². The predicted molar refractivity (Wildman–Crippen MR) is 82.3 cm³/mol. The molecule has 1 fully saturated rings. The van der Waals surface area contributed by atoms with Gasteiger partial charge in [0.15, 0.2) is 5.69 Å². The van der Waals surface area contributed by atoms with Crippen molar-refractivity contribution in [3.63, 3.8) is 0 Å². The molecule has 1 aromatic carbocycles. The lowest BCUT2D eigenvalue weighted by Crippen LogP contribution is -2.17. The van der Waals surface area contributed by atoms with Crippen LogP contribution in [0.1, 0.15) is 40.6 Å². The minimum Gasteiger partial charge on any atom is -0.321 e. The number of nitrogens with zero attached hydrogens (tertiary/aromatic N) is 3. The first-order chi connectivity index (χ1) is 10.7. The molecule has 2 N–H and O–H groups in total. The summed E-state index contributed by atoms with van der Waals surface area (Å²) in [5, 5.41) is 18.7. The first-order valence-corrected chi connectivity index (χ1v) is 7.24. The molecule has 1 saturated heterocycles. The van der Waals surface area contributed by atoms with Gasteiger partial charge in [0.1, 0.15) is 0 Å². The molecule has 1 atom stereocenters. The number of amides is 1. The predicted octanol–water partition coefficient (Wildman–Crippen LogP) is 2.30. The van der Waals surface area contributed by atoms with Crippen LogP contribution in [0.15, 0.2) is 30.3 Å². The van der Waals surface area contributed by atoms with Gasteiger partial charge in [-0.3, -0.25) is 14.8 Å². The average molecular weight is 295 g/mol. The highest BCUT2D eigenvalue weighted by Crippen LogP contribution is 2.29. The van der Waals surface area contributed by atoms with Crippen molar-refractivity contribution in [2.75, 3.05) is 18.9 Å². The van der Waals surface area contributed by atoms with Crippen LogP contribution >= 0.6 is 0 Å². The van der Waals surface area contributed by atoms with Crippen molar-refractivity contribution in [2.24, 2.45) is 0 Å². The van der Waals surface area contributed by atoms with E-state index in [1.165, 1.54) is 0 Å². The molecule has 1 aromatic heterocycles. The summed E-state index contributed by atoms with van der Waals surface area (Å²) >= 11 is 0. The van der Waals surface area contributed by atoms with E-state index in [9.17, 15) is 4.79 Å². The smallest absolute Gasteiger partial charge is 0.276 e. The zero-order valence-electron chi connectivity index (χ0n) is 12.3. The summed E-state index contributed by atoms with van der Waals surface area (Å²) in [4.78, 5) is 14.5. The number of benzene rings is 1. The summed E-state index contributed by atoms with van der Waals surface area (Å²) in [5.74, 6) is -0.279. The molecule has 2 aromatic rings. The van der Waals surface area contributed by atoms with Crippen molar-refractivity contribution < 1.29 is 4.79 Å². The van der Waals surface area contributed by atoms with E-state index in [1.807, 2.05) is 6.07 Å². The third kappa shape index (κ3) is 2.85. The quantitative estimate of drug-likeness (QED) is 0.910. The van der Waals surface area contributed by atoms with Crippen molar-refractivity contribution in [1.29, 1.82) is 5.26 Å². The summed E-state index contributed by atoms with van der Waals surface area (Å²) in [6, 6.07) is 11.0. The molecule has 0 spiro atoms. The van der Waals surface area contributed by atoms with Crippen LogP contribution in [-0.2, 0) is 0 Å². The molecule has 112 valence electrons. The van der Waals surface area contributed by atoms with Gasteiger partial charge in [0, 0.05) is 5.69 Å². The number of rotatable bonds is 3. The molecule has 1 amide bonds. The summed E-state index contributed by atoms with van der Waals surface area (Å²) in [6.45, 7) is 1.06. The van der Waals surface area contributed by atoms with E-state index in [-0.39, 0.29) is 5.91 Å². The normalized spacial score (nSPS) is 18.1. The van der Waals surface area contributed by atoms with E-state index in [0.29, 0.717) is 23.0 Å². The molecule has 0 saturated carbocycles. The monoisotopic (exact) mass is 295 g/mol. The van der Waals surface area contributed by atoms with Gasteiger partial charge in [0.05, 0.1) is 23.4 Å². The molecule has 1 aliphatic heterocycles. The first-order valence-electron chi connectivity index (χ1n) is 7.24. The molecule has 1 aliphatic rings. The van der Waals surface area contributed by atoms with Crippen LogP contribution < -0.4 is 5.32 Å². The van der Waals surface area contributed by atoms with E-state index >= 15 is 0 Å². The van der Waals surface area contributed by atoms with Crippen LogP contribution in [0.5, 0.6) is 0 Å². The highest BCUT2D eigenvalue weighted by molar-refractivity contribution is 6.03. The van der Waals surface area contributed by atoms with Gasteiger partial charge in [0.25, 0.3) is 5.91 Å². The second-order valence-electron chi connectivity index (χ2n) is 5.49. The third-order valence-corrected chi connectivity index (χ3v) is 3.96. The maximum absolute atomic E-state index is 12.2. The van der Waals surface area contributed by atoms with E-state index in [4.69, 9.17) is 5.26 Å². The maximum Gasteiger partial charge on any atom is 0.276 e.